The van der Waals surface area contributed by atoms with Crippen molar-refractivity contribution < 1.29 is 22.7 Å². The first-order valence-corrected chi connectivity index (χ1v) is 10.3. The SMILES string of the molecule is COc1cccc(NC(=O)C2CCC(=O)N2S(=O)(=O)c2ccc(C)c(C)c2)c1. The lowest BCUT2D eigenvalue weighted by atomic mass is 10.1. The van der Waals surface area contributed by atoms with E-state index in [1.54, 1.807) is 37.3 Å². The van der Waals surface area contributed by atoms with Gasteiger partial charge in [0.05, 0.1) is 12.0 Å². The third kappa shape index (κ3) is 3.73. The number of hydrogen-bond donors (Lipinski definition) is 1. The lowest BCUT2D eigenvalue weighted by molar-refractivity contribution is -0.128. The summed E-state index contributed by atoms with van der Waals surface area (Å²) in [6, 6.07) is 10.3. The van der Waals surface area contributed by atoms with E-state index in [1.165, 1.54) is 19.2 Å². The average Bonchev–Trinajstić information content (AvgIpc) is 3.06. The molecule has 0 radical (unpaired) electrons. The number of amides is 2. The number of benzene rings is 2. The predicted octanol–water partition coefficient (Wildman–Crippen LogP) is 2.63. The van der Waals surface area contributed by atoms with Crippen LogP contribution in [0.15, 0.2) is 47.4 Å². The van der Waals surface area contributed by atoms with Crippen molar-refractivity contribution >= 4 is 27.5 Å². The Hall–Kier alpha value is -2.87. The van der Waals surface area contributed by atoms with Crippen LogP contribution in [0.25, 0.3) is 0 Å². The number of anilines is 1. The first-order chi connectivity index (χ1) is 13.2. The van der Waals surface area contributed by atoms with Crippen LogP contribution in [0.4, 0.5) is 5.69 Å². The Bertz CT molecular complexity index is 1030. The quantitative estimate of drug-likeness (QED) is 0.830. The number of sulfonamides is 1. The van der Waals surface area contributed by atoms with E-state index in [4.69, 9.17) is 4.74 Å². The summed E-state index contributed by atoms with van der Waals surface area (Å²) in [6.07, 6.45) is 0.138. The maximum absolute atomic E-state index is 13.1. The zero-order chi connectivity index (χ0) is 20.5. The molecule has 1 unspecified atom stereocenters. The fourth-order valence-electron chi connectivity index (χ4n) is 3.11. The zero-order valence-electron chi connectivity index (χ0n) is 15.9. The van der Waals surface area contributed by atoms with Gasteiger partial charge in [0.2, 0.25) is 11.8 Å². The van der Waals surface area contributed by atoms with Gasteiger partial charge in [-0.05, 0) is 55.7 Å². The first-order valence-electron chi connectivity index (χ1n) is 8.83. The molecular weight excluding hydrogens is 380 g/mol. The predicted molar refractivity (Wildman–Crippen MR) is 105 cm³/mol. The van der Waals surface area contributed by atoms with Crippen molar-refractivity contribution in [1.29, 1.82) is 0 Å². The van der Waals surface area contributed by atoms with E-state index in [9.17, 15) is 18.0 Å². The molecule has 0 bridgehead atoms. The number of nitrogens with one attached hydrogen (secondary N) is 1. The van der Waals surface area contributed by atoms with Crippen LogP contribution in [0.1, 0.15) is 24.0 Å². The highest BCUT2D eigenvalue weighted by molar-refractivity contribution is 7.89. The Morgan fingerprint density at radius 1 is 1.14 bits per heavy atom. The lowest BCUT2D eigenvalue weighted by Gasteiger charge is -2.24. The second-order valence-corrected chi connectivity index (χ2v) is 8.53. The molecule has 2 aromatic carbocycles. The molecule has 1 atom stereocenters. The zero-order valence-corrected chi connectivity index (χ0v) is 16.7. The standard InChI is InChI=1S/C20H22N2O5S/c1-13-7-8-17(11-14(13)2)28(25,26)22-18(9-10-19(22)23)20(24)21-15-5-4-6-16(12-15)27-3/h4-8,11-12,18H,9-10H2,1-3H3,(H,21,24). The summed E-state index contributed by atoms with van der Waals surface area (Å²) in [6.45, 7) is 3.67. The molecule has 3 rings (SSSR count). The van der Waals surface area contributed by atoms with E-state index in [1.807, 2.05) is 6.92 Å². The van der Waals surface area contributed by atoms with Gasteiger partial charge in [0.15, 0.2) is 0 Å². The van der Waals surface area contributed by atoms with Crippen molar-refractivity contribution in [1.82, 2.24) is 4.31 Å². The third-order valence-electron chi connectivity index (χ3n) is 4.84. The Morgan fingerprint density at radius 2 is 1.89 bits per heavy atom. The Morgan fingerprint density at radius 3 is 2.57 bits per heavy atom. The number of hydrogen-bond acceptors (Lipinski definition) is 5. The van der Waals surface area contributed by atoms with Crippen molar-refractivity contribution in [3.8, 4) is 5.75 Å². The van der Waals surface area contributed by atoms with Crippen molar-refractivity contribution in [2.75, 3.05) is 12.4 Å². The second-order valence-electron chi connectivity index (χ2n) is 6.72. The van der Waals surface area contributed by atoms with Crippen LogP contribution in [-0.2, 0) is 19.6 Å². The van der Waals surface area contributed by atoms with E-state index in [2.05, 4.69) is 5.32 Å². The monoisotopic (exact) mass is 402 g/mol. The van der Waals surface area contributed by atoms with Gasteiger partial charge in [-0.2, -0.15) is 0 Å². The molecule has 0 saturated carbocycles. The van der Waals surface area contributed by atoms with Crippen molar-refractivity contribution in [3.05, 3.63) is 53.6 Å². The van der Waals surface area contributed by atoms with E-state index in [-0.39, 0.29) is 17.7 Å². The van der Waals surface area contributed by atoms with Crippen LogP contribution in [0.5, 0.6) is 5.75 Å². The number of nitrogens with zero attached hydrogens (tertiary/aromatic N) is 1. The topological polar surface area (TPSA) is 92.8 Å². The van der Waals surface area contributed by atoms with Gasteiger partial charge in [-0.3, -0.25) is 9.59 Å². The molecule has 8 heteroatoms. The first kappa shape index (κ1) is 19.9. The van der Waals surface area contributed by atoms with Crippen molar-refractivity contribution in [2.24, 2.45) is 0 Å². The fourth-order valence-corrected chi connectivity index (χ4v) is 4.80. The van der Waals surface area contributed by atoms with Gasteiger partial charge in [-0.15, -0.1) is 0 Å². The molecule has 0 spiro atoms. The van der Waals surface area contributed by atoms with Crippen LogP contribution in [0.3, 0.4) is 0 Å². The Balaban J connectivity index is 1.89. The van der Waals surface area contributed by atoms with E-state index < -0.39 is 27.9 Å². The molecular formula is C20H22N2O5S. The maximum Gasteiger partial charge on any atom is 0.267 e. The molecule has 0 aromatic heterocycles. The highest BCUT2D eigenvalue weighted by atomic mass is 32.2. The second kappa shape index (κ2) is 7.63. The number of ether oxygens (including phenoxy) is 1. The fraction of sp³-hybridized carbons (Fsp3) is 0.300. The van der Waals surface area contributed by atoms with Crippen LogP contribution < -0.4 is 10.1 Å². The molecule has 1 saturated heterocycles. The third-order valence-corrected chi connectivity index (χ3v) is 6.66. The molecule has 1 aliphatic heterocycles. The Labute approximate surface area is 164 Å². The molecule has 7 nitrogen and oxygen atoms in total. The molecule has 1 heterocycles. The Kier molecular flexibility index (Phi) is 5.42. The molecule has 28 heavy (non-hydrogen) atoms. The molecule has 148 valence electrons. The van der Waals surface area contributed by atoms with Gasteiger partial charge in [0, 0.05) is 18.2 Å². The minimum absolute atomic E-state index is 0.000269. The smallest absolute Gasteiger partial charge is 0.267 e. The van der Waals surface area contributed by atoms with Crippen LogP contribution in [0.2, 0.25) is 0 Å². The molecule has 1 N–H and O–H groups in total. The van der Waals surface area contributed by atoms with Gasteiger partial charge in [-0.1, -0.05) is 12.1 Å². The van der Waals surface area contributed by atoms with Crippen LogP contribution >= 0.6 is 0 Å². The summed E-state index contributed by atoms with van der Waals surface area (Å²) >= 11 is 0. The summed E-state index contributed by atoms with van der Waals surface area (Å²) < 4.78 is 32.0. The van der Waals surface area contributed by atoms with E-state index in [0.717, 1.165) is 11.1 Å². The average molecular weight is 402 g/mol. The van der Waals surface area contributed by atoms with Gasteiger partial charge < -0.3 is 10.1 Å². The summed E-state index contributed by atoms with van der Waals surface area (Å²) in [4.78, 5) is 25.1. The van der Waals surface area contributed by atoms with Crippen LogP contribution in [-0.4, -0.2) is 37.7 Å². The highest BCUT2D eigenvalue weighted by Crippen LogP contribution is 2.29. The van der Waals surface area contributed by atoms with Gasteiger partial charge in [0.25, 0.3) is 10.0 Å². The summed E-state index contributed by atoms with van der Waals surface area (Å²) in [5.74, 6) is -0.574. The van der Waals surface area contributed by atoms with Crippen LogP contribution in [0, 0.1) is 13.8 Å². The highest BCUT2D eigenvalue weighted by Gasteiger charge is 2.44. The molecule has 0 aliphatic carbocycles. The van der Waals surface area contributed by atoms with Crippen molar-refractivity contribution in [3.63, 3.8) is 0 Å². The summed E-state index contributed by atoms with van der Waals surface area (Å²) in [5.41, 5.74) is 2.20. The minimum atomic E-state index is -4.13. The molecule has 2 aromatic rings. The van der Waals surface area contributed by atoms with E-state index in [0.29, 0.717) is 15.7 Å². The number of rotatable bonds is 5. The molecule has 2 amide bonds. The number of methoxy groups -OCH3 is 1. The van der Waals surface area contributed by atoms with Gasteiger partial charge >= 0.3 is 0 Å². The lowest BCUT2D eigenvalue weighted by Crippen LogP contribution is -2.45. The largest absolute Gasteiger partial charge is 0.497 e. The normalized spacial score (nSPS) is 16.9. The van der Waals surface area contributed by atoms with Gasteiger partial charge in [0.1, 0.15) is 11.8 Å². The van der Waals surface area contributed by atoms with E-state index >= 15 is 0 Å². The molecule has 1 fully saturated rings. The maximum atomic E-state index is 13.1. The summed E-state index contributed by atoms with van der Waals surface area (Å²) in [7, 11) is -2.62. The summed E-state index contributed by atoms with van der Waals surface area (Å²) in [5, 5.41) is 2.68. The minimum Gasteiger partial charge on any atom is -0.497 e. The molecule has 1 aliphatic rings. The van der Waals surface area contributed by atoms with Crippen molar-refractivity contribution in [2.45, 2.75) is 37.6 Å². The number of carbonyl (C=O) groups excluding carboxylic acids is 2. The number of aryl methyl sites for hydroxylation is 2. The van der Waals surface area contributed by atoms with Gasteiger partial charge in [-0.25, -0.2) is 12.7 Å². The number of carbonyl (C=O) groups is 2.